The predicted octanol–water partition coefficient (Wildman–Crippen LogP) is 6.99. The van der Waals surface area contributed by atoms with Crippen LogP contribution in [0, 0.1) is 0 Å². The second-order valence-electron chi connectivity index (χ2n) is 6.68. The molecule has 150 valence electrons. The van der Waals surface area contributed by atoms with Crippen molar-refractivity contribution in [2.45, 2.75) is 78.2 Å². The summed E-state index contributed by atoms with van der Waals surface area (Å²) in [5.74, 6) is 0.129. The molecule has 0 fully saturated rings. The molecule has 0 aliphatic heterocycles. The Morgan fingerprint density at radius 1 is 0.667 bits per heavy atom. The third-order valence-corrected chi connectivity index (χ3v) is 3.58. The number of rotatable bonds is 15. The van der Waals surface area contributed by atoms with Gasteiger partial charge in [0.2, 0.25) is 5.91 Å². The van der Waals surface area contributed by atoms with E-state index in [1.54, 1.807) is 0 Å². The number of amides is 1. The molecular weight excluding hydrogens is 330 g/mol. The Kier molecular flexibility index (Phi) is 18.7. The number of allylic oxidation sites excluding steroid dienone is 12. The van der Waals surface area contributed by atoms with Crippen molar-refractivity contribution >= 4 is 5.91 Å². The number of nitrogens with one attached hydrogen (secondary N) is 1. The highest BCUT2D eigenvalue weighted by Crippen LogP contribution is 1.98. The van der Waals surface area contributed by atoms with Crippen LogP contribution in [-0.4, -0.2) is 11.9 Å². The summed E-state index contributed by atoms with van der Waals surface area (Å²) in [5, 5.41) is 2.90. The Morgan fingerprint density at radius 2 is 1.04 bits per heavy atom. The lowest BCUT2D eigenvalue weighted by Crippen LogP contribution is -2.29. The molecule has 0 unspecified atom stereocenters. The average Bonchev–Trinajstić information content (AvgIpc) is 2.63. The first kappa shape index (κ1) is 24.9. The second kappa shape index (κ2) is 20.2. The molecule has 0 aromatic rings. The summed E-state index contributed by atoms with van der Waals surface area (Å²) < 4.78 is 0. The Morgan fingerprint density at radius 3 is 1.41 bits per heavy atom. The van der Waals surface area contributed by atoms with E-state index in [1.165, 1.54) is 0 Å². The molecule has 0 rings (SSSR count). The van der Waals surface area contributed by atoms with E-state index in [1.807, 2.05) is 13.8 Å². The van der Waals surface area contributed by atoms with Crippen LogP contribution >= 0.6 is 0 Å². The normalized spacial score (nSPS) is 13.0. The highest BCUT2D eigenvalue weighted by molar-refractivity contribution is 5.76. The molecule has 0 saturated heterocycles. The van der Waals surface area contributed by atoms with Gasteiger partial charge in [0.25, 0.3) is 0 Å². The molecular formula is C25H39NO. The topological polar surface area (TPSA) is 29.1 Å². The summed E-state index contributed by atoms with van der Waals surface area (Å²) in [6.07, 6.45) is 33.7. The van der Waals surface area contributed by atoms with Gasteiger partial charge in [-0.3, -0.25) is 4.79 Å². The van der Waals surface area contributed by atoms with Crippen molar-refractivity contribution in [3.8, 4) is 0 Å². The highest BCUT2D eigenvalue weighted by Gasteiger charge is 2.00. The van der Waals surface area contributed by atoms with Gasteiger partial charge in [-0.25, -0.2) is 0 Å². The van der Waals surface area contributed by atoms with E-state index >= 15 is 0 Å². The summed E-state index contributed by atoms with van der Waals surface area (Å²) in [4.78, 5) is 11.5. The van der Waals surface area contributed by atoms with Crippen LogP contribution in [0.15, 0.2) is 72.9 Å². The number of carbonyl (C=O) groups is 1. The third-order valence-electron chi connectivity index (χ3n) is 3.58. The minimum absolute atomic E-state index is 0.129. The molecule has 0 radical (unpaired) electrons. The maximum Gasteiger partial charge on any atom is 0.220 e. The van der Waals surface area contributed by atoms with Crippen LogP contribution in [0.4, 0.5) is 0 Å². The van der Waals surface area contributed by atoms with E-state index in [0.717, 1.165) is 44.9 Å². The first-order chi connectivity index (χ1) is 13.2. The summed E-state index contributed by atoms with van der Waals surface area (Å²) in [7, 11) is 0. The van der Waals surface area contributed by atoms with Gasteiger partial charge in [-0.1, -0.05) is 79.8 Å². The molecule has 0 heterocycles. The molecule has 1 N–H and O–H groups in total. The first-order valence-electron chi connectivity index (χ1n) is 10.4. The van der Waals surface area contributed by atoms with Crippen LogP contribution in [0.1, 0.15) is 72.1 Å². The summed E-state index contributed by atoms with van der Waals surface area (Å²) in [5.41, 5.74) is 0. The lowest BCUT2D eigenvalue weighted by atomic mass is 10.2. The maximum atomic E-state index is 11.5. The van der Waals surface area contributed by atoms with Gasteiger partial charge in [-0.15, -0.1) is 0 Å². The molecule has 0 aromatic carbocycles. The number of hydrogen-bond acceptors (Lipinski definition) is 1. The SMILES string of the molecule is CC/C=C\C/C=C\C/C=C\C/C=C\C/C=C\C/C=C\CCC(=O)NC(C)C. The number of carbonyl (C=O) groups excluding carboxylic acids is 1. The average molecular weight is 370 g/mol. The maximum absolute atomic E-state index is 11.5. The molecule has 2 nitrogen and oxygen atoms in total. The van der Waals surface area contributed by atoms with E-state index in [0.29, 0.717) is 6.42 Å². The van der Waals surface area contributed by atoms with Crippen LogP contribution in [0.3, 0.4) is 0 Å². The van der Waals surface area contributed by atoms with Crippen molar-refractivity contribution in [1.29, 1.82) is 0 Å². The van der Waals surface area contributed by atoms with Gasteiger partial charge in [0, 0.05) is 12.5 Å². The standard InChI is InChI=1S/C25H39NO/c1-4-5-6-7-8-9-10-11-12-13-14-15-16-17-18-19-20-21-22-23-25(27)26-24(2)3/h5-6,8-9,11-12,14-15,17-18,20-21,24H,4,7,10,13,16,19,22-23H2,1-3H3,(H,26,27)/b6-5-,9-8-,12-11-,15-14-,18-17-,21-20-. The molecule has 1 amide bonds. The van der Waals surface area contributed by atoms with Gasteiger partial charge < -0.3 is 5.32 Å². The van der Waals surface area contributed by atoms with Crippen LogP contribution in [0.5, 0.6) is 0 Å². The predicted molar refractivity (Wildman–Crippen MR) is 121 cm³/mol. The lowest BCUT2D eigenvalue weighted by Gasteiger charge is -2.06. The quantitative estimate of drug-likeness (QED) is 0.310. The molecule has 0 atom stereocenters. The van der Waals surface area contributed by atoms with Crippen LogP contribution in [0.2, 0.25) is 0 Å². The Labute approximate surface area is 167 Å². The van der Waals surface area contributed by atoms with Gasteiger partial charge in [0.15, 0.2) is 0 Å². The molecule has 0 bridgehead atoms. The Balaban J connectivity index is 3.57. The monoisotopic (exact) mass is 369 g/mol. The highest BCUT2D eigenvalue weighted by atomic mass is 16.1. The molecule has 27 heavy (non-hydrogen) atoms. The second-order valence-corrected chi connectivity index (χ2v) is 6.68. The van der Waals surface area contributed by atoms with Crippen molar-refractivity contribution < 1.29 is 4.79 Å². The molecule has 0 aromatic heterocycles. The minimum atomic E-state index is 0.129. The Bertz CT molecular complexity index is 518. The fourth-order valence-corrected chi connectivity index (χ4v) is 2.25. The van der Waals surface area contributed by atoms with Crippen molar-refractivity contribution in [2.24, 2.45) is 0 Å². The zero-order valence-electron chi connectivity index (χ0n) is 17.6. The van der Waals surface area contributed by atoms with Crippen LogP contribution in [-0.2, 0) is 4.79 Å². The minimum Gasteiger partial charge on any atom is -0.354 e. The van der Waals surface area contributed by atoms with E-state index in [9.17, 15) is 4.79 Å². The van der Waals surface area contributed by atoms with E-state index in [2.05, 4.69) is 85.2 Å². The van der Waals surface area contributed by atoms with Gasteiger partial charge in [-0.05, 0) is 58.8 Å². The van der Waals surface area contributed by atoms with Crippen molar-refractivity contribution in [2.75, 3.05) is 0 Å². The fourth-order valence-electron chi connectivity index (χ4n) is 2.25. The first-order valence-corrected chi connectivity index (χ1v) is 10.4. The molecule has 0 aliphatic rings. The smallest absolute Gasteiger partial charge is 0.220 e. The lowest BCUT2D eigenvalue weighted by molar-refractivity contribution is -0.121. The van der Waals surface area contributed by atoms with Gasteiger partial charge in [0.1, 0.15) is 0 Å². The van der Waals surface area contributed by atoms with Crippen molar-refractivity contribution in [1.82, 2.24) is 5.32 Å². The molecule has 0 spiro atoms. The zero-order valence-corrected chi connectivity index (χ0v) is 17.6. The molecule has 0 saturated carbocycles. The van der Waals surface area contributed by atoms with Gasteiger partial charge >= 0.3 is 0 Å². The van der Waals surface area contributed by atoms with E-state index in [4.69, 9.17) is 0 Å². The molecule has 2 heteroatoms. The van der Waals surface area contributed by atoms with E-state index in [-0.39, 0.29) is 11.9 Å². The van der Waals surface area contributed by atoms with Gasteiger partial charge in [-0.2, -0.15) is 0 Å². The van der Waals surface area contributed by atoms with Gasteiger partial charge in [0.05, 0.1) is 0 Å². The van der Waals surface area contributed by atoms with Crippen molar-refractivity contribution in [3.63, 3.8) is 0 Å². The summed E-state index contributed by atoms with van der Waals surface area (Å²) in [6.45, 7) is 6.12. The third kappa shape index (κ3) is 21.9. The summed E-state index contributed by atoms with van der Waals surface area (Å²) >= 11 is 0. The Hall–Kier alpha value is -2.09. The van der Waals surface area contributed by atoms with Crippen LogP contribution in [0.25, 0.3) is 0 Å². The zero-order chi connectivity index (χ0) is 20.0. The number of hydrogen-bond donors (Lipinski definition) is 1. The largest absolute Gasteiger partial charge is 0.354 e. The summed E-state index contributed by atoms with van der Waals surface area (Å²) in [6, 6.07) is 0.225. The van der Waals surface area contributed by atoms with E-state index < -0.39 is 0 Å². The van der Waals surface area contributed by atoms with Crippen LogP contribution < -0.4 is 5.32 Å². The van der Waals surface area contributed by atoms with Crippen molar-refractivity contribution in [3.05, 3.63) is 72.9 Å². The molecule has 0 aliphatic carbocycles. The fraction of sp³-hybridized carbons (Fsp3) is 0.480.